The van der Waals surface area contributed by atoms with Crippen molar-refractivity contribution in [3.05, 3.63) is 24.0 Å². The molecule has 0 radical (unpaired) electrons. The molecule has 0 aliphatic carbocycles. The summed E-state index contributed by atoms with van der Waals surface area (Å²) in [6.45, 7) is 0. The van der Waals surface area contributed by atoms with Crippen molar-refractivity contribution in [2.75, 3.05) is 0 Å². The minimum absolute atomic E-state index is 0.299. The van der Waals surface area contributed by atoms with Crippen molar-refractivity contribution in [3.63, 3.8) is 0 Å². The topological polar surface area (TPSA) is 73.3 Å². The molecule has 1 aromatic heterocycles. The second-order valence-corrected chi connectivity index (χ2v) is 1.87. The van der Waals surface area contributed by atoms with Crippen LogP contribution in [0.4, 0.5) is 0 Å². The van der Waals surface area contributed by atoms with Gasteiger partial charge in [-0.05, 0) is 12.1 Å². The molecule has 1 heterocycles. The smallest absolute Gasteiger partial charge is 0.338 e. The van der Waals surface area contributed by atoms with Crippen LogP contribution in [0.3, 0.4) is 0 Å². The number of aromatic amines is 1. The highest BCUT2D eigenvalue weighted by Gasteiger charge is 2.15. The van der Waals surface area contributed by atoms with Gasteiger partial charge >= 0.3 is 5.97 Å². The summed E-state index contributed by atoms with van der Waals surface area (Å²) in [5.41, 5.74) is 0.299. The molecule has 0 spiro atoms. The lowest BCUT2D eigenvalue weighted by molar-refractivity contribution is -0.147. The van der Waals surface area contributed by atoms with Gasteiger partial charge in [0.1, 0.15) is 0 Å². The summed E-state index contributed by atoms with van der Waals surface area (Å²) in [5, 5.41) is 17.1. The van der Waals surface area contributed by atoms with Gasteiger partial charge in [-0.15, -0.1) is 0 Å². The van der Waals surface area contributed by atoms with Crippen LogP contribution < -0.4 is 0 Å². The maximum Gasteiger partial charge on any atom is 0.338 e. The number of aliphatic carboxylic acids is 1. The van der Waals surface area contributed by atoms with Crippen LogP contribution in [0, 0.1) is 0 Å². The normalized spacial score (nSPS) is 12.9. The van der Waals surface area contributed by atoms with E-state index in [4.69, 9.17) is 10.2 Å². The number of aliphatic hydroxyl groups is 1. The van der Waals surface area contributed by atoms with Crippen LogP contribution in [0.5, 0.6) is 0 Å². The number of aromatic nitrogens is 1. The van der Waals surface area contributed by atoms with Crippen LogP contribution >= 0.6 is 0 Å². The number of carbonyl (C=O) groups is 1. The van der Waals surface area contributed by atoms with Gasteiger partial charge in [0.2, 0.25) is 0 Å². The Labute approximate surface area is 57.1 Å². The molecule has 0 bridgehead atoms. The lowest BCUT2D eigenvalue weighted by Crippen LogP contribution is -2.10. The summed E-state index contributed by atoms with van der Waals surface area (Å²) in [4.78, 5) is 12.7. The van der Waals surface area contributed by atoms with E-state index in [1.807, 2.05) is 0 Å². The summed E-state index contributed by atoms with van der Waals surface area (Å²) >= 11 is 0. The largest absolute Gasteiger partial charge is 0.479 e. The van der Waals surface area contributed by atoms with Gasteiger partial charge in [-0.25, -0.2) is 4.79 Å². The van der Waals surface area contributed by atoms with Gasteiger partial charge in [0, 0.05) is 6.20 Å². The Morgan fingerprint density at radius 3 is 2.80 bits per heavy atom. The molecule has 0 saturated carbocycles. The van der Waals surface area contributed by atoms with E-state index in [1.165, 1.54) is 6.07 Å². The fourth-order valence-electron chi connectivity index (χ4n) is 0.647. The fraction of sp³-hybridized carbons (Fsp3) is 0.167. The highest BCUT2D eigenvalue weighted by molar-refractivity contribution is 5.73. The van der Waals surface area contributed by atoms with E-state index in [0.717, 1.165) is 0 Å². The summed E-state index contributed by atoms with van der Waals surface area (Å²) in [7, 11) is 0. The van der Waals surface area contributed by atoms with Crippen molar-refractivity contribution in [3.8, 4) is 0 Å². The van der Waals surface area contributed by atoms with E-state index < -0.39 is 12.1 Å². The van der Waals surface area contributed by atoms with Gasteiger partial charge in [0.25, 0.3) is 0 Å². The molecule has 0 saturated heterocycles. The maximum absolute atomic E-state index is 10.1. The SMILES string of the molecule is O=C(O)C(O)c1ccc[nH]1. The summed E-state index contributed by atoms with van der Waals surface area (Å²) in [6.07, 6.45) is 0.122. The van der Waals surface area contributed by atoms with Gasteiger partial charge in [-0.3, -0.25) is 0 Å². The molecule has 1 aromatic rings. The summed E-state index contributed by atoms with van der Waals surface area (Å²) in [5.74, 6) is -1.25. The zero-order valence-corrected chi connectivity index (χ0v) is 5.11. The molecule has 54 valence electrons. The molecule has 0 aromatic carbocycles. The van der Waals surface area contributed by atoms with Gasteiger partial charge in [0.15, 0.2) is 6.10 Å². The minimum Gasteiger partial charge on any atom is -0.479 e. The van der Waals surface area contributed by atoms with Crippen molar-refractivity contribution < 1.29 is 15.0 Å². The van der Waals surface area contributed by atoms with E-state index in [1.54, 1.807) is 12.3 Å². The second kappa shape index (κ2) is 2.53. The van der Waals surface area contributed by atoms with Crippen LogP contribution in [0.1, 0.15) is 11.8 Å². The molecule has 4 nitrogen and oxygen atoms in total. The predicted octanol–water partition coefficient (Wildman–Crippen LogP) is 0.133. The molecule has 1 atom stereocenters. The van der Waals surface area contributed by atoms with E-state index in [-0.39, 0.29) is 0 Å². The lowest BCUT2D eigenvalue weighted by Gasteiger charge is -1.99. The molecule has 10 heavy (non-hydrogen) atoms. The monoisotopic (exact) mass is 141 g/mol. The van der Waals surface area contributed by atoms with E-state index in [2.05, 4.69) is 4.98 Å². The summed E-state index contributed by atoms with van der Waals surface area (Å²) < 4.78 is 0. The van der Waals surface area contributed by atoms with Gasteiger partial charge < -0.3 is 15.2 Å². The van der Waals surface area contributed by atoms with Crippen LogP contribution in [0.2, 0.25) is 0 Å². The van der Waals surface area contributed by atoms with Crippen LogP contribution in [-0.4, -0.2) is 21.2 Å². The molecule has 0 aliphatic rings. The minimum atomic E-state index is -1.44. The number of aliphatic hydroxyl groups excluding tert-OH is 1. The highest BCUT2D eigenvalue weighted by Crippen LogP contribution is 2.08. The number of hydrogen-bond donors (Lipinski definition) is 3. The third kappa shape index (κ3) is 1.16. The Bertz CT molecular complexity index is 217. The third-order valence-electron chi connectivity index (χ3n) is 1.15. The summed E-state index contributed by atoms with van der Waals surface area (Å²) in [6, 6.07) is 3.14. The molecular formula is C6H7NO3. The Hall–Kier alpha value is -1.29. The molecule has 1 rings (SSSR count). The number of nitrogens with one attached hydrogen (secondary N) is 1. The zero-order valence-electron chi connectivity index (χ0n) is 5.11. The predicted molar refractivity (Wildman–Crippen MR) is 33.4 cm³/mol. The van der Waals surface area contributed by atoms with E-state index in [9.17, 15) is 4.79 Å². The van der Waals surface area contributed by atoms with Crippen LogP contribution in [0.25, 0.3) is 0 Å². The quantitative estimate of drug-likeness (QED) is 0.548. The molecule has 0 fully saturated rings. The van der Waals surface area contributed by atoms with Crippen LogP contribution in [-0.2, 0) is 4.79 Å². The fourth-order valence-corrected chi connectivity index (χ4v) is 0.647. The molecule has 0 aliphatic heterocycles. The first-order chi connectivity index (χ1) is 4.72. The number of H-pyrrole nitrogens is 1. The van der Waals surface area contributed by atoms with Crippen molar-refractivity contribution >= 4 is 5.97 Å². The van der Waals surface area contributed by atoms with Gasteiger partial charge in [0.05, 0.1) is 5.69 Å². The Morgan fingerprint density at radius 1 is 1.70 bits per heavy atom. The maximum atomic E-state index is 10.1. The highest BCUT2D eigenvalue weighted by atomic mass is 16.4. The number of carboxylic acid groups (broad SMARTS) is 1. The third-order valence-corrected chi connectivity index (χ3v) is 1.15. The average molecular weight is 141 g/mol. The van der Waals surface area contributed by atoms with Crippen molar-refractivity contribution in [2.24, 2.45) is 0 Å². The average Bonchev–Trinajstić information content (AvgIpc) is 2.36. The first-order valence-electron chi connectivity index (χ1n) is 2.76. The van der Waals surface area contributed by atoms with Gasteiger partial charge in [-0.1, -0.05) is 0 Å². The Balaban J connectivity index is 2.77. The number of rotatable bonds is 2. The second-order valence-electron chi connectivity index (χ2n) is 1.87. The standard InChI is InChI=1S/C6H7NO3/c8-5(6(9)10)4-2-1-3-7-4/h1-3,5,7-8H,(H,9,10). The first-order valence-corrected chi connectivity index (χ1v) is 2.76. The Kier molecular flexibility index (Phi) is 1.73. The van der Waals surface area contributed by atoms with E-state index >= 15 is 0 Å². The molecule has 0 amide bonds. The lowest BCUT2D eigenvalue weighted by atomic mass is 10.3. The molecule has 4 heteroatoms. The molecule has 1 unspecified atom stereocenters. The van der Waals surface area contributed by atoms with E-state index in [0.29, 0.717) is 5.69 Å². The zero-order chi connectivity index (χ0) is 7.56. The van der Waals surface area contributed by atoms with Crippen LogP contribution in [0.15, 0.2) is 18.3 Å². The molecule has 3 N–H and O–H groups in total. The van der Waals surface area contributed by atoms with Crippen molar-refractivity contribution in [2.45, 2.75) is 6.10 Å². The molecular weight excluding hydrogens is 134 g/mol. The number of carboxylic acids is 1. The van der Waals surface area contributed by atoms with Gasteiger partial charge in [-0.2, -0.15) is 0 Å². The van der Waals surface area contributed by atoms with Crippen molar-refractivity contribution in [1.82, 2.24) is 4.98 Å². The number of hydrogen-bond acceptors (Lipinski definition) is 2. The van der Waals surface area contributed by atoms with Crippen molar-refractivity contribution in [1.29, 1.82) is 0 Å². The Morgan fingerprint density at radius 2 is 2.40 bits per heavy atom. The first kappa shape index (κ1) is 6.82.